The summed E-state index contributed by atoms with van der Waals surface area (Å²) >= 11 is 1.05. The minimum Gasteiger partial charge on any atom is -0.475 e. The average molecular weight is 352 g/mol. The third-order valence-corrected chi connectivity index (χ3v) is 4.23. The first-order valence-electron chi connectivity index (χ1n) is 7.10. The van der Waals surface area contributed by atoms with Crippen molar-refractivity contribution in [1.29, 1.82) is 0 Å². The van der Waals surface area contributed by atoms with Crippen molar-refractivity contribution in [2.45, 2.75) is 25.6 Å². The van der Waals surface area contributed by atoms with Crippen molar-refractivity contribution in [3.8, 4) is 0 Å². The Morgan fingerprint density at radius 3 is 2.58 bits per heavy atom. The molecule has 0 aliphatic heterocycles. The minimum absolute atomic E-state index is 0.0748. The molecule has 0 radical (unpaired) electrons. The van der Waals surface area contributed by atoms with E-state index in [1.807, 2.05) is 0 Å². The lowest BCUT2D eigenvalue weighted by molar-refractivity contribution is -0.109. The first-order chi connectivity index (χ1) is 11.3. The van der Waals surface area contributed by atoms with E-state index in [9.17, 15) is 24.6 Å². The lowest BCUT2D eigenvalue weighted by Crippen LogP contribution is -2.19. The molecule has 128 valence electrons. The van der Waals surface area contributed by atoms with Crippen LogP contribution in [0.25, 0.3) is 11.0 Å². The van der Waals surface area contributed by atoms with Crippen LogP contribution < -0.4 is 5.43 Å². The standard InChI is InChI=1S/C16H16O7S/c1-8(17)24-5-4-11(18)15(20)9-2-3-13-10(6-9)12(19)7-14(23-13)16(21)22/h2-3,6-7,11,15,18,20H,4-5H2,1H3,(H,21,22). The monoisotopic (exact) mass is 352 g/mol. The summed E-state index contributed by atoms with van der Waals surface area (Å²) in [6.07, 6.45) is -2.13. The van der Waals surface area contributed by atoms with Crippen molar-refractivity contribution in [3.05, 3.63) is 45.8 Å². The normalized spacial score (nSPS) is 13.6. The molecule has 0 saturated heterocycles. The maximum atomic E-state index is 12.0. The second-order valence-electron chi connectivity index (χ2n) is 5.18. The predicted octanol–water partition coefficient (Wildman–Crippen LogP) is 1.56. The van der Waals surface area contributed by atoms with Gasteiger partial charge in [0.1, 0.15) is 11.7 Å². The summed E-state index contributed by atoms with van der Waals surface area (Å²) in [6, 6.07) is 5.04. The Balaban J connectivity index is 2.25. The van der Waals surface area contributed by atoms with Gasteiger partial charge in [-0.25, -0.2) is 4.79 Å². The molecule has 24 heavy (non-hydrogen) atoms. The highest BCUT2D eigenvalue weighted by atomic mass is 32.2. The Bertz CT molecular complexity index is 827. The number of aromatic carboxylic acids is 1. The first kappa shape index (κ1) is 18.2. The highest BCUT2D eigenvalue weighted by molar-refractivity contribution is 8.13. The smallest absolute Gasteiger partial charge is 0.371 e. The number of hydrogen-bond donors (Lipinski definition) is 3. The van der Waals surface area contributed by atoms with E-state index in [1.165, 1.54) is 25.1 Å². The molecular weight excluding hydrogens is 336 g/mol. The van der Waals surface area contributed by atoms with E-state index in [4.69, 9.17) is 9.52 Å². The molecule has 0 saturated carbocycles. The lowest BCUT2D eigenvalue weighted by Gasteiger charge is -2.18. The number of aliphatic hydroxyl groups excluding tert-OH is 2. The molecule has 3 N–H and O–H groups in total. The second kappa shape index (κ2) is 7.61. The number of carboxylic acids is 1. The van der Waals surface area contributed by atoms with Crippen molar-refractivity contribution in [2.75, 3.05) is 5.75 Å². The van der Waals surface area contributed by atoms with Crippen LogP contribution in [0.15, 0.2) is 33.5 Å². The molecule has 2 atom stereocenters. The third kappa shape index (κ3) is 4.22. The Morgan fingerprint density at radius 1 is 1.25 bits per heavy atom. The SMILES string of the molecule is CC(=O)SCCC(O)C(O)c1ccc2oc(C(=O)O)cc(=O)c2c1. The average Bonchev–Trinajstić information content (AvgIpc) is 2.53. The fourth-order valence-electron chi connectivity index (χ4n) is 2.17. The molecule has 7 nitrogen and oxygen atoms in total. The van der Waals surface area contributed by atoms with Crippen LogP contribution in [0, 0.1) is 0 Å². The molecular formula is C16H16O7S. The molecule has 2 rings (SSSR count). The number of rotatable bonds is 6. The van der Waals surface area contributed by atoms with Crippen molar-refractivity contribution >= 4 is 33.8 Å². The minimum atomic E-state index is -1.35. The van der Waals surface area contributed by atoms with Gasteiger partial charge in [0.05, 0.1) is 11.5 Å². The summed E-state index contributed by atoms with van der Waals surface area (Å²) in [5.41, 5.74) is -0.167. The van der Waals surface area contributed by atoms with Gasteiger partial charge in [0.15, 0.2) is 10.5 Å². The van der Waals surface area contributed by atoms with Gasteiger partial charge >= 0.3 is 5.97 Å². The van der Waals surface area contributed by atoms with E-state index in [0.717, 1.165) is 17.8 Å². The Kier molecular flexibility index (Phi) is 5.76. The zero-order chi connectivity index (χ0) is 17.9. The summed E-state index contributed by atoms with van der Waals surface area (Å²) < 4.78 is 5.11. The molecule has 0 bridgehead atoms. The molecule has 1 aromatic heterocycles. The van der Waals surface area contributed by atoms with Gasteiger partial charge < -0.3 is 19.7 Å². The summed E-state index contributed by atoms with van der Waals surface area (Å²) in [6.45, 7) is 1.42. The topological polar surface area (TPSA) is 125 Å². The number of fused-ring (bicyclic) bond motifs is 1. The highest BCUT2D eigenvalue weighted by Crippen LogP contribution is 2.24. The molecule has 2 unspecified atom stereocenters. The van der Waals surface area contributed by atoms with Crippen molar-refractivity contribution in [1.82, 2.24) is 0 Å². The van der Waals surface area contributed by atoms with Crippen LogP contribution in [-0.2, 0) is 4.79 Å². The zero-order valence-corrected chi connectivity index (χ0v) is 13.6. The number of hydrogen-bond acceptors (Lipinski definition) is 7. The Labute approximate surface area is 140 Å². The van der Waals surface area contributed by atoms with E-state index in [1.54, 1.807) is 0 Å². The van der Waals surface area contributed by atoms with Gasteiger partial charge in [0.2, 0.25) is 5.76 Å². The van der Waals surface area contributed by atoms with E-state index >= 15 is 0 Å². The molecule has 1 aromatic carbocycles. The summed E-state index contributed by atoms with van der Waals surface area (Å²) in [5, 5.41) is 29.1. The number of carboxylic acid groups (broad SMARTS) is 1. The third-order valence-electron chi connectivity index (χ3n) is 3.39. The van der Waals surface area contributed by atoms with Crippen LogP contribution in [0.5, 0.6) is 0 Å². The summed E-state index contributed by atoms with van der Waals surface area (Å²) in [5.74, 6) is -1.45. The van der Waals surface area contributed by atoms with Gasteiger partial charge in [0.25, 0.3) is 0 Å². The van der Waals surface area contributed by atoms with Crippen LogP contribution in [0.4, 0.5) is 0 Å². The number of benzene rings is 1. The lowest BCUT2D eigenvalue weighted by atomic mass is 10.0. The van der Waals surface area contributed by atoms with Gasteiger partial charge in [-0.3, -0.25) is 9.59 Å². The largest absolute Gasteiger partial charge is 0.475 e. The van der Waals surface area contributed by atoms with Crippen molar-refractivity contribution in [2.24, 2.45) is 0 Å². The highest BCUT2D eigenvalue weighted by Gasteiger charge is 2.20. The van der Waals surface area contributed by atoms with Gasteiger partial charge in [-0.1, -0.05) is 17.8 Å². The van der Waals surface area contributed by atoms with Crippen LogP contribution >= 0.6 is 11.8 Å². The molecule has 0 aliphatic carbocycles. The number of aliphatic hydroxyl groups is 2. The summed E-state index contributed by atoms with van der Waals surface area (Å²) in [7, 11) is 0. The van der Waals surface area contributed by atoms with E-state index < -0.39 is 29.4 Å². The Morgan fingerprint density at radius 2 is 1.96 bits per heavy atom. The maximum Gasteiger partial charge on any atom is 0.371 e. The second-order valence-corrected chi connectivity index (χ2v) is 6.45. The number of thioether (sulfide) groups is 1. The van der Waals surface area contributed by atoms with E-state index in [-0.39, 0.29) is 22.5 Å². The predicted molar refractivity (Wildman–Crippen MR) is 88.2 cm³/mol. The van der Waals surface area contributed by atoms with Gasteiger partial charge in [-0.15, -0.1) is 0 Å². The van der Waals surface area contributed by atoms with Gasteiger partial charge in [-0.05, 0) is 24.1 Å². The number of carbonyl (C=O) groups is 2. The van der Waals surface area contributed by atoms with Crippen molar-refractivity contribution in [3.63, 3.8) is 0 Å². The molecule has 0 fully saturated rings. The van der Waals surface area contributed by atoms with Gasteiger partial charge in [-0.2, -0.15) is 0 Å². The van der Waals surface area contributed by atoms with Crippen LogP contribution in [-0.4, -0.2) is 38.3 Å². The first-order valence-corrected chi connectivity index (χ1v) is 8.08. The zero-order valence-electron chi connectivity index (χ0n) is 12.8. The van der Waals surface area contributed by atoms with E-state index in [0.29, 0.717) is 11.3 Å². The molecule has 2 aromatic rings. The van der Waals surface area contributed by atoms with Crippen LogP contribution in [0.3, 0.4) is 0 Å². The molecule has 0 spiro atoms. The van der Waals surface area contributed by atoms with Crippen molar-refractivity contribution < 1.29 is 29.3 Å². The van der Waals surface area contributed by atoms with Gasteiger partial charge in [0, 0.05) is 18.7 Å². The fraction of sp³-hybridized carbons (Fsp3) is 0.312. The Hall–Kier alpha value is -2.16. The molecule has 8 heteroatoms. The molecule has 0 aliphatic rings. The molecule has 0 amide bonds. The maximum absolute atomic E-state index is 12.0. The van der Waals surface area contributed by atoms with Crippen LogP contribution in [0.2, 0.25) is 0 Å². The van der Waals surface area contributed by atoms with E-state index in [2.05, 4.69) is 0 Å². The quantitative estimate of drug-likeness (QED) is 0.715. The number of carbonyl (C=O) groups excluding carboxylic acids is 1. The fourth-order valence-corrected chi connectivity index (χ4v) is 2.81. The van der Waals surface area contributed by atoms with Crippen LogP contribution in [0.1, 0.15) is 35.6 Å². The molecule has 1 heterocycles. The summed E-state index contributed by atoms with van der Waals surface area (Å²) in [4.78, 5) is 33.7.